The van der Waals surface area contributed by atoms with E-state index >= 15 is 0 Å². The maximum absolute atomic E-state index is 12.2. The van der Waals surface area contributed by atoms with E-state index in [2.05, 4.69) is 10.1 Å². The highest BCUT2D eigenvalue weighted by Crippen LogP contribution is 2.41. The molecule has 0 bridgehead atoms. The van der Waals surface area contributed by atoms with Crippen LogP contribution in [0.1, 0.15) is 19.8 Å². The van der Waals surface area contributed by atoms with Crippen LogP contribution in [0.2, 0.25) is 0 Å². The van der Waals surface area contributed by atoms with Crippen molar-refractivity contribution in [3.63, 3.8) is 0 Å². The number of nitrogen functional groups attached to an aromatic ring is 1. The number of hydrogen-bond acceptors (Lipinski definition) is 4. The monoisotopic (exact) mass is 230 g/mol. The summed E-state index contributed by atoms with van der Waals surface area (Å²) in [5, 5.41) is 5.71. The quantitative estimate of drug-likeness (QED) is 0.835. The molecule has 1 aliphatic carbocycles. The second-order valence-corrected chi connectivity index (χ2v) is 4.66. The summed E-state index contributed by atoms with van der Waals surface area (Å²) in [4.78, 5) is 16.4. The molecule has 0 spiro atoms. The van der Waals surface area contributed by atoms with E-state index in [1.54, 1.807) is 12.1 Å². The van der Waals surface area contributed by atoms with Crippen LogP contribution in [0.4, 0.5) is 11.5 Å². The Hall–Kier alpha value is -1.91. The minimum atomic E-state index is -0.0330. The average molecular weight is 230 g/mol. The summed E-state index contributed by atoms with van der Waals surface area (Å²) in [5.41, 5.74) is 7.05. The zero-order chi connectivity index (χ0) is 12.0. The third-order valence-corrected chi connectivity index (χ3v) is 3.26. The van der Waals surface area contributed by atoms with Gasteiger partial charge >= 0.3 is 0 Å². The fourth-order valence-corrected chi connectivity index (χ4v) is 2.24. The van der Waals surface area contributed by atoms with Crippen molar-refractivity contribution < 1.29 is 4.79 Å². The fourth-order valence-electron chi connectivity index (χ4n) is 2.24. The number of carbonyl (C=O) groups is 1. The van der Waals surface area contributed by atoms with Gasteiger partial charge in [0.2, 0.25) is 0 Å². The lowest BCUT2D eigenvalue weighted by Crippen LogP contribution is -2.28. The molecule has 1 aliphatic heterocycles. The fraction of sp³-hybridized carbons (Fsp3) is 0.417. The molecule has 1 saturated carbocycles. The Kier molecular flexibility index (Phi) is 2.14. The highest BCUT2D eigenvalue weighted by Gasteiger charge is 2.44. The zero-order valence-corrected chi connectivity index (χ0v) is 9.63. The number of hydrazone groups is 1. The minimum Gasteiger partial charge on any atom is -0.397 e. The van der Waals surface area contributed by atoms with Crippen LogP contribution >= 0.6 is 0 Å². The second-order valence-electron chi connectivity index (χ2n) is 4.66. The lowest BCUT2D eigenvalue weighted by atomic mass is 9.99. The van der Waals surface area contributed by atoms with E-state index in [4.69, 9.17) is 5.73 Å². The number of aromatic nitrogens is 1. The molecule has 1 fully saturated rings. The Morgan fingerprint density at radius 2 is 2.18 bits per heavy atom. The number of nitrogens with two attached hydrogens (primary N) is 1. The molecule has 17 heavy (non-hydrogen) atoms. The molecule has 5 nitrogen and oxygen atoms in total. The third kappa shape index (κ3) is 1.67. The van der Waals surface area contributed by atoms with Gasteiger partial charge in [-0.1, -0.05) is 0 Å². The molecule has 3 rings (SSSR count). The molecule has 1 atom stereocenters. The van der Waals surface area contributed by atoms with Crippen LogP contribution in [0.15, 0.2) is 23.4 Å². The molecular formula is C12H14N4O. The molecule has 1 aromatic rings. The smallest absolute Gasteiger partial charge is 0.257 e. The molecule has 0 radical (unpaired) electrons. The Bertz CT molecular complexity index is 490. The molecular weight excluding hydrogens is 216 g/mol. The number of nitrogens with zero attached hydrogens (tertiary/aromatic N) is 3. The van der Waals surface area contributed by atoms with Gasteiger partial charge in [-0.2, -0.15) is 10.1 Å². The van der Waals surface area contributed by atoms with Crippen LogP contribution in [0.3, 0.4) is 0 Å². The minimum absolute atomic E-state index is 0.0330. The Morgan fingerprint density at radius 3 is 2.76 bits per heavy atom. The summed E-state index contributed by atoms with van der Waals surface area (Å²) in [7, 11) is 0. The summed E-state index contributed by atoms with van der Waals surface area (Å²) in [6.45, 7) is 1.91. The largest absolute Gasteiger partial charge is 0.397 e. The van der Waals surface area contributed by atoms with Gasteiger partial charge in [0.25, 0.3) is 5.91 Å². The van der Waals surface area contributed by atoms with E-state index in [1.165, 1.54) is 11.2 Å². The molecule has 0 unspecified atom stereocenters. The molecule has 0 aromatic carbocycles. The first-order chi connectivity index (χ1) is 8.16. The van der Waals surface area contributed by atoms with Gasteiger partial charge in [-0.15, -0.1) is 0 Å². The van der Waals surface area contributed by atoms with Crippen LogP contribution in [0.25, 0.3) is 0 Å². The van der Waals surface area contributed by atoms with Crippen molar-refractivity contribution in [2.75, 3.05) is 10.7 Å². The van der Waals surface area contributed by atoms with Crippen molar-refractivity contribution in [3.05, 3.63) is 18.3 Å². The van der Waals surface area contributed by atoms with Gasteiger partial charge < -0.3 is 5.73 Å². The Morgan fingerprint density at radius 1 is 1.41 bits per heavy atom. The third-order valence-electron chi connectivity index (χ3n) is 3.26. The van der Waals surface area contributed by atoms with E-state index in [0.717, 1.165) is 18.6 Å². The first-order valence-corrected chi connectivity index (χ1v) is 5.77. The van der Waals surface area contributed by atoms with Gasteiger partial charge in [-0.25, -0.2) is 4.98 Å². The lowest BCUT2D eigenvalue weighted by molar-refractivity contribution is -0.120. The van der Waals surface area contributed by atoms with Crippen LogP contribution < -0.4 is 10.7 Å². The van der Waals surface area contributed by atoms with Crippen molar-refractivity contribution in [2.45, 2.75) is 19.8 Å². The van der Waals surface area contributed by atoms with E-state index in [0.29, 0.717) is 17.4 Å². The summed E-state index contributed by atoms with van der Waals surface area (Å²) in [6, 6.07) is 3.45. The molecule has 1 amide bonds. The lowest BCUT2D eigenvalue weighted by Gasteiger charge is -2.12. The van der Waals surface area contributed by atoms with Crippen molar-refractivity contribution in [2.24, 2.45) is 16.9 Å². The number of anilines is 2. The molecule has 1 aromatic heterocycles. The molecule has 2 N–H and O–H groups in total. The van der Waals surface area contributed by atoms with Gasteiger partial charge in [0.15, 0.2) is 5.82 Å². The van der Waals surface area contributed by atoms with Gasteiger partial charge in [0.1, 0.15) is 0 Å². The predicted molar refractivity (Wildman–Crippen MR) is 65.5 cm³/mol. The number of hydrogen-bond donors (Lipinski definition) is 1. The first kappa shape index (κ1) is 10.3. The Balaban J connectivity index is 1.90. The summed E-state index contributed by atoms with van der Waals surface area (Å²) >= 11 is 0. The van der Waals surface area contributed by atoms with Gasteiger partial charge in [-0.3, -0.25) is 4.79 Å². The van der Waals surface area contributed by atoms with Crippen LogP contribution in [0.5, 0.6) is 0 Å². The van der Waals surface area contributed by atoms with Crippen molar-refractivity contribution in [1.82, 2.24) is 4.98 Å². The average Bonchev–Trinajstić information content (AvgIpc) is 3.08. The number of rotatable bonds is 2. The molecule has 2 aliphatic rings. The topological polar surface area (TPSA) is 71.6 Å². The molecule has 5 heteroatoms. The summed E-state index contributed by atoms with van der Waals surface area (Å²) in [5.74, 6) is 1.05. The van der Waals surface area contributed by atoms with E-state index in [9.17, 15) is 4.79 Å². The van der Waals surface area contributed by atoms with Crippen molar-refractivity contribution in [3.8, 4) is 0 Å². The maximum atomic E-state index is 12.2. The maximum Gasteiger partial charge on any atom is 0.257 e. The highest BCUT2D eigenvalue weighted by atomic mass is 16.2. The predicted octanol–water partition coefficient (Wildman–Crippen LogP) is 1.41. The van der Waals surface area contributed by atoms with E-state index in [-0.39, 0.29) is 11.8 Å². The van der Waals surface area contributed by atoms with Crippen molar-refractivity contribution >= 4 is 23.1 Å². The van der Waals surface area contributed by atoms with E-state index in [1.807, 2.05) is 6.92 Å². The Labute approximate surface area is 99.3 Å². The molecule has 2 heterocycles. The van der Waals surface area contributed by atoms with Gasteiger partial charge in [0.05, 0.1) is 17.8 Å². The summed E-state index contributed by atoms with van der Waals surface area (Å²) in [6.07, 6.45) is 3.80. The highest BCUT2D eigenvalue weighted by molar-refractivity contribution is 6.14. The number of amides is 1. The van der Waals surface area contributed by atoms with Crippen LogP contribution in [-0.4, -0.2) is 16.6 Å². The second kappa shape index (κ2) is 3.55. The normalized spacial score (nSPS) is 24.1. The number of pyridine rings is 1. The van der Waals surface area contributed by atoms with Crippen LogP contribution in [0, 0.1) is 11.8 Å². The number of carbonyl (C=O) groups excluding carboxylic acids is 1. The molecule has 88 valence electrons. The first-order valence-electron chi connectivity index (χ1n) is 5.77. The van der Waals surface area contributed by atoms with Crippen molar-refractivity contribution in [1.29, 1.82) is 0 Å². The standard InChI is InChI=1S/C12H14N4O/c1-7-11(8-2-3-8)12(17)16(15-7)10-5-4-9(13)6-14-10/h4-6,8,11H,2-3,13H2,1H3/t11-/m0/s1. The van der Waals surface area contributed by atoms with Gasteiger partial charge in [-0.05, 0) is 37.8 Å². The van der Waals surface area contributed by atoms with Gasteiger partial charge in [0, 0.05) is 5.71 Å². The van der Waals surface area contributed by atoms with Crippen LogP contribution in [-0.2, 0) is 4.79 Å². The zero-order valence-electron chi connectivity index (χ0n) is 9.63. The molecule has 0 saturated heterocycles. The summed E-state index contributed by atoms with van der Waals surface area (Å²) < 4.78 is 0. The van der Waals surface area contributed by atoms with E-state index < -0.39 is 0 Å². The SMILES string of the molecule is CC1=NN(c2ccc(N)cn2)C(=O)[C@@H]1C1CC1.